The number of anilines is 1. The highest BCUT2D eigenvalue weighted by molar-refractivity contribution is 5.89. The van der Waals surface area contributed by atoms with Crippen molar-refractivity contribution in [3.05, 3.63) is 48.5 Å². The molecule has 2 aromatic carbocycles. The van der Waals surface area contributed by atoms with Crippen molar-refractivity contribution in [3.8, 4) is 16.9 Å². The van der Waals surface area contributed by atoms with Gasteiger partial charge < -0.3 is 10.1 Å². The van der Waals surface area contributed by atoms with Gasteiger partial charge >= 0.3 is 0 Å². The molecule has 2 rings (SSSR count). The van der Waals surface area contributed by atoms with Crippen molar-refractivity contribution in [1.82, 2.24) is 0 Å². The van der Waals surface area contributed by atoms with Crippen LogP contribution < -0.4 is 10.1 Å². The molecule has 2 aromatic rings. The Morgan fingerprint density at radius 3 is 2.56 bits per heavy atom. The minimum absolute atomic E-state index is 0.0734. The molecule has 1 N–H and O–H groups in total. The zero-order valence-corrected chi connectivity index (χ0v) is 10.4. The molecule has 0 saturated heterocycles. The van der Waals surface area contributed by atoms with Gasteiger partial charge in [0.05, 0.1) is 7.11 Å². The molecule has 0 aliphatic heterocycles. The van der Waals surface area contributed by atoms with Gasteiger partial charge in [-0.15, -0.1) is 0 Å². The number of carbonyl (C=O) groups is 1. The largest absolute Gasteiger partial charge is 0.497 e. The van der Waals surface area contributed by atoms with Gasteiger partial charge in [-0.2, -0.15) is 0 Å². The summed E-state index contributed by atoms with van der Waals surface area (Å²) in [6, 6.07) is 16.4. The van der Waals surface area contributed by atoms with E-state index in [1.807, 2.05) is 42.5 Å². The molecule has 0 aliphatic rings. The Bertz CT molecular complexity index is 547. The topological polar surface area (TPSA) is 38.3 Å². The number of nitrogens with one attached hydrogen (secondary N) is 1. The van der Waals surface area contributed by atoms with Crippen LogP contribution in [0.4, 0.5) is 5.69 Å². The van der Waals surface area contributed by atoms with Crippen LogP contribution >= 0.6 is 0 Å². The SMILES string of the molecule is COc1cc[c]c(-c2ccc(NC(C)=O)cc2)c1. The van der Waals surface area contributed by atoms with Crippen LogP contribution in [0.25, 0.3) is 11.1 Å². The fourth-order valence-electron chi connectivity index (χ4n) is 1.68. The van der Waals surface area contributed by atoms with Crippen molar-refractivity contribution in [3.63, 3.8) is 0 Å². The molecule has 91 valence electrons. The van der Waals surface area contributed by atoms with Crippen molar-refractivity contribution in [1.29, 1.82) is 0 Å². The molecule has 0 bridgehead atoms. The maximum Gasteiger partial charge on any atom is 0.221 e. The van der Waals surface area contributed by atoms with Crippen LogP contribution in [0.5, 0.6) is 5.75 Å². The van der Waals surface area contributed by atoms with Gasteiger partial charge in [-0.05, 0) is 41.5 Å². The number of rotatable bonds is 3. The number of amides is 1. The third kappa shape index (κ3) is 2.88. The summed E-state index contributed by atoms with van der Waals surface area (Å²) in [6.45, 7) is 1.49. The van der Waals surface area contributed by atoms with E-state index in [9.17, 15) is 4.79 Å². The minimum Gasteiger partial charge on any atom is -0.497 e. The van der Waals surface area contributed by atoms with Crippen molar-refractivity contribution in [2.24, 2.45) is 0 Å². The molecule has 0 spiro atoms. The second-order valence-corrected chi connectivity index (χ2v) is 3.90. The van der Waals surface area contributed by atoms with E-state index in [1.165, 1.54) is 6.92 Å². The van der Waals surface area contributed by atoms with E-state index in [0.29, 0.717) is 0 Å². The Morgan fingerprint density at radius 2 is 1.94 bits per heavy atom. The fourth-order valence-corrected chi connectivity index (χ4v) is 1.68. The number of methoxy groups -OCH3 is 1. The second-order valence-electron chi connectivity index (χ2n) is 3.90. The van der Waals surface area contributed by atoms with E-state index in [2.05, 4.69) is 11.4 Å². The molecule has 1 amide bonds. The lowest BCUT2D eigenvalue weighted by atomic mass is 10.1. The normalized spacial score (nSPS) is 9.89. The predicted octanol–water partition coefficient (Wildman–Crippen LogP) is 3.12. The van der Waals surface area contributed by atoms with E-state index in [1.54, 1.807) is 7.11 Å². The van der Waals surface area contributed by atoms with Gasteiger partial charge in [0.15, 0.2) is 0 Å². The average Bonchev–Trinajstić information content (AvgIpc) is 2.39. The minimum atomic E-state index is -0.0734. The Morgan fingerprint density at radius 1 is 1.22 bits per heavy atom. The summed E-state index contributed by atoms with van der Waals surface area (Å²) in [5.74, 6) is 0.727. The second kappa shape index (κ2) is 5.36. The number of hydrogen-bond donors (Lipinski definition) is 1. The molecule has 0 saturated carbocycles. The summed E-state index contributed by atoms with van der Waals surface area (Å²) in [4.78, 5) is 10.9. The van der Waals surface area contributed by atoms with E-state index in [4.69, 9.17) is 4.74 Å². The van der Waals surface area contributed by atoms with Crippen LogP contribution in [-0.2, 0) is 4.79 Å². The van der Waals surface area contributed by atoms with E-state index >= 15 is 0 Å². The Kier molecular flexibility index (Phi) is 3.63. The van der Waals surface area contributed by atoms with Gasteiger partial charge in [-0.25, -0.2) is 0 Å². The first-order chi connectivity index (χ1) is 8.69. The number of benzene rings is 2. The third-order valence-corrected chi connectivity index (χ3v) is 2.53. The van der Waals surface area contributed by atoms with Gasteiger partial charge in [0.2, 0.25) is 5.91 Å². The standard InChI is InChI=1S/C15H14NO2/c1-11(17)16-14-8-6-12(7-9-14)13-4-3-5-15(10-13)18-2/h3,5-10H,1-2H3,(H,16,17). The van der Waals surface area contributed by atoms with Crippen LogP contribution in [0, 0.1) is 6.07 Å². The average molecular weight is 240 g/mol. The highest BCUT2D eigenvalue weighted by Gasteiger charge is 2.01. The van der Waals surface area contributed by atoms with Gasteiger partial charge in [-0.3, -0.25) is 4.79 Å². The zero-order valence-electron chi connectivity index (χ0n) is 10.4. The van der Waals surface area contributed by atoms with E-state index < -0.39 is 0 Å². The van der Waals surface area contributed by atoms with E-state index in [-0.39, 0.29) is 5.91 Å². The summed E-state index contributed by atoms with van der Waals surface area (Å²) < 4.78 is 5.18. The molecule has 0 heterocycles. The maximum atomic E-state index is 10.9. The lowest BCUT2D eigenvalue weighted by Crippen LogP contribution is -2.05. The molecule has 3 nitrogen and oxygen atoms in total. The number of ether oxygens (including phenoxy) is 1. The quantitative estimate of drug-likeness (QED) is 0.895. The maximum absolute atomic E-state index is 10.9. The van der Waals surface area contributed by atoms with Gasteiger partial charge in [0.1, 0.15) is 5.75 Å². The smallest absolute Gasteiger partial charge is 0.221 e. The molecule has 0 unspecified atom stereocenters. The van der Waals surface area contributed by atoms with Crippen molar-refractivity contribution >= 4 is 11.6 Å². The predicted molar refractivity (Wildman–Crippen MR) is 71.6 cm³/mol. The lowest BCUT2D eigenvalue weighted by molar-refractivity contribution is -0.114. The first-order valence-corrected chi connectivity index (χ1v) is 5.63. The van der Waals surface area contributed by atoms with Gasteiger partial charge in [0.25, 0.3) is 0 Å². The Hall–Kier alpha value is -2.29. The van der Waals surface area contributed by atoms with Crippen molar-refractivity contribution in [2.75, 3.05) is 12.4 Å². The molecular weight excluding hydrogens is 226 g/mol. The van der Waals surface area contributed by atoms with Gasteiger partial charge in [-0.1, -0.05) is 18.2 Å². The first-order valence-electron chi connectivity index (χ1n) is 5.63. The summed E-state index contributed by atoms with van der Waals surface area (Å²) in [6.07, 6.45) is 0. The summed E-state index contributed by atoms with van der Waals surface area (Å²) in [5.41, 5.74) is 2.78. The van der Waals surface area contributed by atoms with Crippen LogP contribution in [0.15, 0.2) is 42.5 Å². The van der Waals surface area contributed by atoms with E-state index in [0.717, 1.165) is 22.6 Å². The molecule has 3 heteroatoms. The number of hydrogen-bond acceptors (Lipinski definition) is 2. The van der Waals surface area contributed by atoms with Crippen LogP contribution in [0.1, 0.15) is 6.92 Å². The highest BCUT2D eigenvalue weighted by Crippen LogP contribution is 2.24. The molecule has 0 fully saturated rings. The van der Waals surface area contributed by atoms with Gasteiger partial charge in [0, 0.05) is 12.6 Å². The Labute approximate surface area is 106 Å². The molecule has 1 radical (unpaired) electrons. The first kappa shape index (κ1) is 12.2. The molecule has 0 aromatic heterocycles. The summed E-state index contributed by atoms with van der Waals surface area (Å²) in [5, 5.41) is 2.73. The zero-order chi connectivity index (χ0) is 13.0. The van der Waals surface area contributed by atoms with Crippen LogP contribution in [0.3, 0.4) is 0 Å². The molecule has 0 aliphatic carbocycles. The van der Waals surface area contributed by atoms with Crippen LogP contribution in [0.2, 0.25) is 0 Å². The van der Waals surface area contributed by atoms with Crippen molar-refractivity contribution < 1.29 is 9.53 Å². The molecule has 0 atom stereocenters. The third-order valence-electron chi connectivity index (χ3n) is 2.53. The van der Waals surface area contributed by atoms with Crippen molar-refractivity contribution in [2.45, 2.75) is 6.92 Å². The number of carbonyl (C=O) groups excluding carboxylic acids is 1. The lowest BCUT2D eigenvalue weighted by Gasteiger charge is -2.06. The fraction of sp³-hybridized carbons (Fsp3) is 0.133. The molecular formula is C15H14NO2. The molecule has 18 heavy (non-hydrogen) atoms. The van der Waals surface area contributed by atoms with Crippen LogP contribution in [-0.4, -0.2) is 13.0 Å². The monoisotopic (exact) mass is 240 g/mol. The highest BCUT2D eigenvalue weighted by atomic mass is 16.5. The summed E-state index contributed by atoms with van der Waals surface area (Å²) in [7, 11) is 1.64. The Balaban J connectivity index is 2.25. The summed E-state index contributed by atoms with van der Waals surface area (Å²) >= 11 is 0.